The Bertz CT molecular complexity index is 1450. The molecule has 184 valence electrons. The van der Waals surface area contributed by atoms with Crippen LogP contribution in [0.1, 0.15) is 52.9 Å². The van der Waals surface area contributed by atoms with E-state index in [-0.39, 0.29) is 17.4 Å². The van der Waals surface area contributed by atoms with Crippen molar-refractivity contribution in [2.24, 2.45) is 0 Å². The van der Waals surface area contributed by atoms with Crippen molar-refractivity contribution in [2.75, 3.05) is 13.2 Å². The van der Waals surface area contributed by atoms with Crippen LogP contribution in [0.25, 0.3) is 22.2 Å². The lowest BCUT2D eigenvalue weighted by atomic mass is 10.0. The van der Waals surface area contributed by atoms with Crippen LogP contribution < -0.4 is 10.1 Å². The van der Waals surface area contributed by atoms with Gasteiger partial charge in [-0.05, 0) is 87.4 Å². The fourth-order valence-electron chi connectivity index (χ4n) is 4.42. The Morgan fingerprint density at radius 3 is 2.42 bits per heavy atom. The second-order valence-electron chi connectivity index (χ2n) is 10.2. The van der Waals surface area contributed by atoms with Crippen molar-refractivity contribution in [1.82, 2.24) is 20.2 Å². The zero-order chi connectivity index (χ0) is 25.4. The quantitative estimate of drug-likeness (QED) is 0.425. The Kier molecular flexibility index (Phi) is 6.00. The van der Waals surface area contributed by atoms with Gasteiger partial charge in [-0.3, -0.25) is 9.59 Å². The monoisotopic (exact) mass is 482 g/mol. The predicted molar refractivity (Wildman–Crippen MR) is 140 cm³/mol. The molecule has 2 amide bonds. The van der Waals surface area contributed by atoms with Gasteiger partial charge in [0.15, 0.2) is 0 Å². The normalized spacial score (nSPS) is 13.6. The minimum Gasteiger partial charge on any atom is -0.491 e. The minimum atomic E-state index is -0.326. The average molecular weight is 483 g/mol. The van der Waals surface area contributed by atoms with Gasteiger partial charge in [0.1, 0.15) is 18.2 Å². The van der Waals surface area contributed by atoms with E-state index in [1.54, 1.807) is 29.2 Å². The molecule has 7 nitrogen and oxygen atoms in total. The largest absolute Gasteiger partial charge is 0.491 e. The van der Waals surface area contributed by atoms with Crippen LogP contribution in [-0.2, 0) is 6.54 Å². The molecular weight excluding hydrogens is 452 g/mol. The number of fused-ring (bicyclic) bond motifs is 2. The summed E-state index contributed by atoms with van der Waals surface area (Å²) in [4.78, 5) is 35.3. The number of carbonyl (C=O) groups excluding carboxylic acids is 2. The maximum atomic E-state index is 13.3. The van der Waals surface area contributed by atoms with E-state index >= 15 is 0 Å². The van der Waals surface area contributed by atoms with Gasteiger partial charge in [-0.1, -0.05) is 12.1 Å². The molecule has 4 aromatic rings. The number of benzene rings is 3. The molecule has 2 N–H and O–H groups in total. The summed E-state index contributed by atoms with van der Waals surface area (Å²) >= 11 is 0. The second kappa shape index (κ2) is 9.15. The van der Waals surface area contributed by atoms with Crippen molar-refractivity contribution < 1.29 is 14.3 Å². The summed E-state index contributed by atoms with van der Waals surface area (Å²) in [5.41, 5.74) is 5.76. The van der Waals surface area contributed by atoms with Crippen LogP contribution in [0.15, 0.2) is 60.7 Å². The van der Waals surface area contributed by atoms with Crippen LogP contribution in [-0.4, -0.2) is 45.4 Å². The molecule has 1 aromatic heterocycles. The van der Waals surface area contributed by atoms with E-state index in [9.17, 15) is 9.59 Å². The molecule has 0 fully saturated rings. The molecule has 1 aliphatic rings. The highest BCUT2D eigenvalue weighted by atomic mass is 16.5. The van der Waals surface area contributed by atoms with Crippen molar-refractivity contribution in [3.63, 3.8) is 0 Å². The molecule has 0 aliphatic carbocycles. The number of hydrogen-bond donors (Lipinski definition) is 2. The van der Waals surface area contributed by atoms with Crippen molar-refractivity contribution in [3.05, 3.63) is 83.2 Å². The Labute approximate surface area is 210 Å². The van der Waals surface area contributed by atoms with Crippen molar-refractivity contribution in [2.45, 2.75) is 39.8 Å². The van der Waals surface area contributed by atoms with E-state index in [1.807, 2.05) is 45.9 Å². The maximum absolute atomic E-state index is 13.3. The van der Waals surface area contributed by atoms with Gasteiger partial charge in [0.25, 0.3) is 11.8 Å². The maximum Gasteiger partial charge on any atom is 0.254 e. The number of aryl methyl sites for hydroxylation is 1. The molecule has 0 bridgehead atoms. The van der Waals surface area contributed by atoms with Crippen molar-refractivity contribution in [1.29, 1.82) is 0 Å². The van der Waals surface area contributed by atoms with Crippen LogP contribution in [0, 0.1) is 6.92 Å². The molecule has 2 heterocycles. The summed E-state index contributed by atoms with van der Waals surface area (Å²) < 4.78 is 5.96. The first-order chi connectivity index (χ1) is 17.2. The topological polar surface area (TPSA) is 87.3 Å². The minimum absolute atomic E-state index is 0.0889. The lowest BCUT2D eigenvalue weighted by Gasteiger charge is -2.21. The third kappa shape index (κ3) is 4.96. The highest BCUT2D eigenvalue weighted by molar-refractivity contribution is 5.98. The fourth-order valence-corrected chi connectivity index (χ4v) is 4.42. The zero-order valence-electron chi connectivity index (χ0n) is 21.0. The van der Waals surface area contributed by atoms with E-state index in [4.69, 9.17) is 4.74 Å². The van der Waals surface area contributed by atoms with Gasteiger partial charge in [-0.15, -0.1) is 0 Å². The third-order valence-corrected chi connectivity index (χ3v) is 6.14. The zero-order valence-corrected chi connectivity index (χ0v) is 21.0. The van der Waals surface area contributed by atoms with Gasteiger partial charge in [-0.25, -0.2) is 4.98 Å². The standard InChI is InChI=1S/C29H30N4O3/c1-18-30-24-11-9-22(16-25(24)31-18)21-10-12-26-23(15-21)17-33(13-14-36-26)28(35)20-7-5-19(6-8-20)27(34)32-29(2,3)4/h5-12,15-16H,13-14,17H2,1-4H3,(H,30,31)(H,32,34). The number of rotatable bonds is 3. The number of carbonyl (C=O) groups is 2. The smallest absolute Gasteiger partial charge is 0.254 e. The van der Waals surface area contributed by atoms with Gasteiger partial charge < -0.3 is 19.9 Å². The fraction of sp³-hybridized carbons (Fsp3) is 0.276. The first-order valence-electron chi connectivity index (χ1n) is 12.1. The molecule has 0 atom stereocenters. The molecule has 0 saturated carbocycles. The number of amides is 2. The molecule has 0 unspecified atom stereocenters. The summed E-state index contributed by atoms with van der Waals surface area (Å²) in [5, 5.41) is 2.94. The molecule has 0 saturated heterocycles. The highest BCUT2D eigenvalue weighted by Gasteiger charge is 2.22. The third-order valence-electron chi connectivity index (χ3n) is 6.14. The van der Waals surface area contributed by atoms with E-state index in [0.29, 0.717) is 30.8 Å². The van der Waals surface area contributed by atoms with Crippen LogP contribution in [0.5, 0.6) is 5.75 Å². The Hall–Kier alpha value is -4.13. The van der Waals surface area contributed by atoms with E-state index in [0.717, 1.165) is 39.3 Å². The molecule has 0 radical (unpaired) electrons. The van der Waals surface area contributed by atoms with Gasteiger partial charge in [0, 0.05) is 28.8 Å². The molecule has 36 heavy (non-hydrogen) atoms. The first kappa shape index (κ1) is 23.6. The molecule has 0 spiro atoms. The van der Waals surface area contributed by atoms with Crippen LogP contribution in [0.2, 0.25) is 0 Å². The molecule has 7 heteroatoms. The summed E-state index contributed by atoms with van der Waals surface area (Å²) in [6.45, 7) is 9.09. The number of aromatic amines is 1. The van der Waals surface area contributed by atoms with Gasteiger partial charge >= 0.3 is 0 Å². The Morgan fingerprint density at radius 2 is 1.67 bits per heavy atom. The highest BCUT2D eigenvalue weighted by Crippen LogP contribution is 2.31. The van der Waals surface area contributed by atoms with Crippen LogP contribution in [0.4, 0.5) is 0 Å². The number of imidazole rings is 1. The average Bonchev–Trinajstić information content (AvgIpc) is 3.08. The molecular formula is C29H30N4O3. The number of aromatic nitrogens is 2. The Morgan fingerprint density at radius 1 is 0.972 bits per heavy atom. The molecule has 5 rings (SSSR count). The Balaban J connectivity index is 1.36. The van der Waals surface area contributed by atoms with E-state index in [1.165, 1.54) is 0 Å². The number of nitrogens with zero attached hydrogens (tertiary/aromatic N) is 2. The van der Waals surface area contributed by atoms with E-state index < -0.39 is 0 Å². The lowest BCUT2D eigenvalue weighted by Crippen LogP contribution is -2.40. The number of ether oxygens (including phenoxy) is 1. The predicted octanol–water partition coefficient (Wildman–Crippen LogP) is 5.10. The number of nitrogens with one attached hydrogen (secondary N) is 2. The summed E-state index contributed by atoms with van der Waals surface area (Å²) in [6, 6.07) is 19.1. The molecule has 3 aromatic carbocycles. The summed E-state index contributed by atoms with van der Waals surface area (Å²) in [5.74, 6) is 1.43. The SMILES string of the molecule is Cc1nc2ccc(-c3ccc4c(c3)CN(C(=O)c3ccc(C(=O)NC(C)(C)C)cc3)CCO4)cc2[nH]1. The second-order valence-corrected chi connectivity index (χ2v) is 10.2. The number of H-pyrrole nitrogens is 1. The summed E-state index contributed by atoms with van der Waals surface area (Å²) in [6.07, 6.45) is 0. The first-order valence-corrected chi connectivity index (χ1v) is 12.1. The van der Waals surface area contributed by atoms with Crippen molar-refractivity contribution in [3.8, 4) is 16.9 Å². The number of hydrogen-bond acceptors (Lipinski definition) is 4. The van der Waals surface area contributed by atoms with Gasteiger partial charge in [-0.2, -0.15) is 0 Å². The van der Waals surface area contributed by atoms with Gasteiger partial charge in [0.2, 0.25) is 0 Å². The van der Waals surface area contributed by atoms with E-state index in [2.05, 4.69) is 33.5 Å². The van der Waals surface area contributed by atoms with Crippen LogP contribution >= 0.6 is 0 Å². The molecule has 1 aliphatic heterocycles. The van der Waals surface area contributed by atoms with Crippen LogP contribution in [0.3, 0.4) is 0 Å². The van der Waals surface area contributed by atoms with Gasteiger partial charge in [0.05, 0.1) is 17.6 Å². The lowest BCUT2D eigenvalue weighted by molar-refractivity contribution is 0.0732. The van der Waals surface area contributed by atoms with Crippen molar-refractivity contribution >= 4 is 22.8 Å². The summed E-state index contributed by atoms with van der Waals surface area (Å²) in [7, 11) is 0.